The van der Waals surface area contributed by atoms with Crippen molar-refractivity contribution in [1.29, 1.82) is 0 Å². The van der Waals surface area contributed by atoms with Crippen LogP contribution in [0, 0.1) is 0 Å². The van der Waals surface area contributed by atoms with Crippen molar-refractivity contribution >= 4 is 17.3 Å². The Hall–Kier alpha value is -2.38. The molecule has 0 saturated carbocycles. The number of rotatable bonds is 7. The van der Waals surface area contributed by atoms with E-state index in [4.69, 9.17) is 5.73 Å². The number of anilines is 3. The number of hydrogen-bond donors (Lipinski definition) is 2. The summed E-state index contributed by atoms with van der Waals surface area (Å²) in [5.74, 6) is 1.62. The van der Waals surface area contributed by atoms with Gasteiger partial charge in [0, 0.05) is 45.8 Å². The van der Waals surface area contributed by atoms with Gasteiger partial charge in [-0.15, -0.1) is 0 Å². The van der Waals surface area contributed by atoms with E-state index < -0.39 is 0 Å². The Balaban J connectivity index is 1.29. The maximum atomic E-state index is 6.44. The molecule has 2 aliphatic rings. The number of benzene rings is 1. The third kappa shape index (κ3) is 5.36. The summed E-state index contributed by atoms with van der Waals surface area (Å²) in [7, 11) is 0. The van der Waals surface area contributed by atoms with E-state index in [1.165, 1.54) is 37.9 Å². The second-order valence-electron chi connectivity index (χ2n) is 8.04. The van der Waals surface area contributed by atoms with Gasteiger partial charge in [0.25, 0.3) is 0 Å². The monoisotopic (exact) mass is 395 g/mol. The first-order valence-electron chi connectivity index (χ1n) is 10.9. The Morgan fingerprint density at radius 2 is 1.62 bits per heavy atom. The molecule has 0 unspecified atom stereocenters. The van der Waals surface area contributed by atoms with Gasteiger partial charge in [-0.05, 0) is 31.5 Å². The van der Waals surface area contributed by atoms with E-state index in [9.17, 15) is 0 Å². The molecule has 1 aromatic carbocycles. The van der Waals surface area contributed by atoms with Gasteiger partial charge in [0.1, 0.15) is 12.0 Å². The summed E-state index contributed by atoms with van der Waals surface area (Å²) < 4.78 is 0. The molecule has 2 saturated heterocycles. The number of piperidine rings is 1. The maximum absolute atomic E-state index is 6.44. The van der Waals surface area contributed by atoms with Crippen molar-refractivity contribution in [2.45, 2.75) is 25.8 Å². The molecule has 7 heteroatoms. The van der Waals surface area contributed by atoms with E-state index in [-0.39, 0.29) is 0 Å². The highest BCUT2D eigenvalue weighted by molar-refractivity contribution is 5.75. The minimum absolute atomic E-state index is 0.669. The SMILES string of the molecule is Nc1c(NCCN2CCCCC2)ncnc1N1CCN(Cc2ccccc2)CC1. The molecule has 1 aromatic heterocycles. The predicted octanol–water partition coefficient (Wildman–Crippen LogP) is 2.28. The zero-order chi connectivity index (χ0) is 19.9. The van der Waals surface area contributed by atoms with Gasteiger partial charge < -0.3 is 20.9 Å². The van der Waals surface area contributed by atoms with Crippen molar-refractivity contribution in [3.63, 3.8) is 0 Å². The molecule has 0 aliphatic carbocycles. The quantitative estimate of drug-likeness (QED) is 0.745. The average Bonchev–Trinajstić information content (AvgIpc) is 2.77. The summed E-state index contributed by atoms with van der Waals surface area (Å²) in [6.07, 6.45) is 5.63. The van der Waals surface area contributed by atoms with Crippen molar-refractivity contribution in [3.05, 3.63) is 42.2 Å². The number of likely N-dealkylation sites (tertiary alicyclic amines) is 1. The van der Waals surface area contributed by atoms with Crippen LogP contribution in [0.1, 0.15) is 24.8 Å². The molecule has 0 spiro atoms. The molecule has 7 nitrogen and oxygen atoms in total. The fourth-order valence-corrected chi connectivity index (χ4v) is 4.25. The molecule has 0 atom stereocenters. The number of nitrogens with zero attached hydrogens (tertiary/aromatic N) is 5. The van der Waals surface area contributed by atoms with Crippen molar-refractivity contribution in [2.24, 2.45) is 0 Å². The standard InChI is InChI=1S/C22H33N7/c23-20-21(24-9-12-27-10-5-2-6-11-27)25-18-26-22(20)29-15-13-28(14-16-29)17-19-7-3-1-4-8-19/h1,3-4,7-8,18H,2,5-6,9-17,23H2,(H,24,25,26). The molecule has 2 aliphatic heterocycles. The Morgan fingerprint density at radius 1 is 0.862 bits per heavy atom. The fraction of sp³-hybridized carbons (Fsp3) is 0.545. The summed E-state index contributed by atoms with van der Waals surface area (Å²) in [5.41, 5.74) is 8.47. The number of hydrogen-bond acceptors (Lipinski definition) is 7. The lowest BCUT2D eigenvalue weighted by molar-refractivity contribution is 0.237. The third-order valence-electron chi connectivity index (χ3n) is 5.95. The number of nitrogens with one attached hydrogen (secondary N) is 1. The minimum atomic E-state index is 0.669. The number of nitrogen functional groups attached to an aromatic ring is 1. The molecule has 3 N–H and O–H groups in total. The molecule has 3 heterocycles. The van der Waals surface area contributed by atoms with E-state index in [1.54, 1.807) is 6.33 Å². The van der Waals surface area contributed by atoms with E-state index in [2.05, 4.69) is 60.3 Å². The van der Waals surface area contributed by atoms with E-state index in [0.717, 1.165) is 57.4 Å². The highest BCUT2D eigenvalue weighted by Gasteiger charge is 2.21. The van der Waals surface area contributed by atoms with Crippen LogP contribution < -0.4 is 16.0 Å². The smallest absolute Gasteiger partial charge is 0.157 e. The molecule has 0 bridgehead atoms. The second kappa shape index (κ2) is 9.89. The fourth-order valence-electron chi connectivity index (χ4n) is 4.25. The van der Waals surface area contributed by atoms with Crippen LogP contribution in [0.15, 0.2) is 36.7 Å². The zero-order valence-electron chi connectivity index (χ0n) is 17.3. The zero-order valence-corrected chi connectivity index (χ0v) is 17.3. The molecule has 156 valence electrons. The summed E-state index contributed by atoms with van der Waals surface area (Å²) in [6, 6.07) is 10.7. The van der Waals surface area contributed by atoms with Gasteiger partial charge in [0.05, 0.1) is 0 Å². The van der Waals surface area contributed by atoms with Crippen molar-refractivity contribution < 1.29 is 0 Å². The number of aromatic nitrogens is 2. The van der Waals surface area contributed by atoms with Crippen LogP contribution in [0.2, 0.25) is 0 Å². The highest BCUT2D eigenvalue weighted by Crippen LogP contribution is 2.27. The van der Waals surface area contributed by atoms with Gasteiger partial charge in [0.15, 0.2) is 11.6 Å². The first-order chi connectivity index (χ1) is 14.3. The largest absolute Gasteiger partial charge is 0.393 e. The van der Waals surface area contributed by atoms with Crippen LogP contribution in [0.5, 0.6) is 0 Å². The Kier molecular flexibility index (Phi) is 6.79. The molecule has 2 aromatic rings. The first kappa shape index (κ1) is 19.9. The van der Waals surface area contributed by atoms with E-state index in [0.29, 0.717) is 5.69 Å². The minimum Gasteiger partial charge on any atom is -0.393 e. The van der Waals surface area contributed by atoms with Crippen LogP contribution >= 0.6 is 0 Å². The molecule has 2 fully saturated rings. The number of piperazine rings is 1. The Morgan fingerprint density at radius 3 is 2.38 bits per heavy atom. The van der Waals surface area contributed by atoms with Crippen LogP contribution in [0.3, 0.4) is 0 Å². The molecule has 4 rings (SSSR count). The predicted molar refractivity (Wildman–Crippen MR) is 119 cm³/mol. The second-order valence-corrected chi connectivity index (χ2v) is 8.04. The lowest BCUT2D eigenvalue weighted by Crippen LogP contribution is -2.46. The molecular formula is C22H33N7. The summed E-state index contributed by atoms with van der Waals surface area (Å²) in [5, 5.41) is 3.43. The summed E-state index contributed by atoms with van der Waals surface area (Å²) in [4.78, 5) is 16.2. The van der Waals surface area contributed by atoms with Gasteiger partial charge in [-0.25, -0.2) is 9.97 Å². The van der Waals surface area contributed by atoms with Gasteiger partial charge in [0.2, 0.25) is 0 Å². The summed E-state index contributed by atoms with van der Waals surface area (Å²) in [6.45, 7) is 9.20. The highest BCUT2D eigenvalue weighted by atomic mass is 15.3. The molecule has 0 radical (unpaired) electrons. The normalized spacial score (nSPS) is 18.7. The molecule has 29 heavy (non-hydrogen) atoms. The van der Waals surface area contributed by atoms with E-state index >= 15 is 0 Å². The first-order valence-corrected chi connectivity index (χ1v) is 10.9. The molecule has 0 amide bonds. The third-order valence-corrected chi connectivity index (χ3v) is 5.95. The van der Waals surface area contributed by atoms with Crippen molar-refractivity contribution in [2.75, 3.05) is 68.3 Å². The maximum Gasteiger partial charge on any atom is 0.157 e. The lowest BCUT2D eigenvalue weighted by Gasteiger charge is -2.36. The van der Waals surface area contributed by atoms with Crippen LogP contribution in [0.25, 0.3) is 0 Å². The van der Waals surface area contributed by atoms with Crippen molar-refractivity contribution in [3.8, 4) is 0 Å². The van der Waals surface area contributed by atoms with Crippen LogP contribution in [-0.4, -0.2) is 72.1 Å². The van der Waals surface area contributed by atoms with Crippen LogP contribution in [-0.2, 0) is 6.54 Å². The summed E-state index contributed by atoms with van der Waals surface area (Å²) >= 11 is 0. The van der Waals surface area contributed by atoms with E-state index in [1.807, 2.05) is 0 Å². The Bertz CT molecular complexity index is 753. The van der Waals surface area contributed by atoms with Gasteiger partial charge in [-0.2, -0.15) is 0 Å². The van der Waals surface area contributed by atoms with Crippen molar-refractivity contribution in [1.82, 2.24) is 19.8 Å². The number of nitrogens with two attached hydrogens (primary N) is 1. The van der Waals surface area contributed by atoms with Crippen LogP contribution in [0.4, 0.5) is 17.3 Å². The topological polar surface area (TPSA) is 73.5 Å². The van der Waals surface area contributed by atoms with Gasteiger partial charge >= 0.3 is 0 Å². The molecular weight excluding hydrogens is 362 g/mol. The average molecular weight is 396 g/mol. The lowest BCUT2D eigenvalue weighted by atomic mass is 10.1. The Labute approximate surface area is 173 Å². The van der Waals surface area contributed by atoms with Gasteiger partial charge in [-0.3, -0.25) is 4.90 Å². The van der Waals surface area contributed by atoms with Gasteiger partial charge in [-0.1, -0.05) is 36.8 Å².